The van der Waals surface area contributed by atoms with Crippen molar-refractivity contribution < 1.29 is 4.79 Å². The number of H-pyrrole nitrogens is 1. The minimum absolute atomic E-state index is 0.0801. The van der Waals surface area contributed by atoms with Gasteiger partial charge in [0.1, 0.15) is 5.84 Å². The normalized spacial score (nSPS) is 15.6. The quantitative estimate of drug-likeness (QED) is 0.579. The molecule has 2 N–H and O–H groups in total. The van der Waals surface area contributed by atoms with E-state index in [0.717, 1.165) is 11.0 Å². The lowest BCUT2D eigenvalue weighted by atomic mass is 9.87. The summed E-state index contributed by atoms with van der Waals surface area (Å²) in [5.74, 6) is 0.995. The molecule has 136 valence electrons. The van der Waals surface area contributed by atoms with E-state index in [-0.39, 0.29) is 12.2 Å². The zero-order valence-electron chi connectivity index (χ0n) is 14.8. The molecule has 1 aromatic carbocycles. The molecule has 0 saturated carbocycles. The van der Waals surface area contributed by atoms with Gasteiger partial charge in [0, 0.05) is 12.4 Å². The van der Waals surface area contributed by atoms with Crippen LogP contribution in [0.25, 0.3) is 11.0 Å². The molecule has 3 aromatic heterocycles. The second-order valence-corrected chi connectivity index (χ2v) is 6.53. The van der Waals surface area contributed by atoms with Gasteiger partial charge in [-0.1, -0.05) is 24.3 Å². The summed E-state index contributed by atoms with van der Waals surface area (Å²) in [5, 5.41) is 3.16. The molecule has 7 heteroatoms. The van der Waals surface area contributed by atoms with E-state index in [1.807, 2.05) is 48.5 Å². The van der Waals surface area contributed by atoms with Gasteiger partial charge < -0.3 is 10.3 Å². The minimum atomic E-state index is -1.25. The fourth-order valence-corrected chi connectivity index (χ4v) is 3.49. The van der Waals surface area contributed by atoms with Gasteiger partial charge >= 0.3 is 0 Å². The first-order chi connectivity index (χ1) is 13.8. The number of ketones is 1. The number of pyridine rings is 2. The van der Waals surface area contributed by atoms with Gasteiger partial charge in [-0.05, 0) is 36.4 Å². The third-order valence-corrected chi connectivity index (χ3v) is 4.76. The molecule has 5 rings (SSSR count). The van der Waals surface area contributed by atoms with Crippen molar-refractivity contribution in [2.24, 2.45) is 4.99 Å². The van der Waals surface area contributed by atoms with Crippen LogP contribution in [0.15, 0.2) is 78.0 Å². The number of Topliss-reactive ketones (excluding diaryl/α,β-unsaturated/α-hetero) is 1. The van der Waals surface area contributed by atoms with E-state index in [2.05, 4.69) is 25.3 Å². The average Bonchev–Trinajstić information content (AvgIpc) is 3.30. The number of anilines is 1. The molecule has 0 fully saturated rings. The maximum atomic E-state index is 13.2. The molecule has 0 amide bonds. The number of para-hydroxylation sites is 2. The Kier molecular flexibility index (Phi) is 3.72. The van der Waals surface area contributed by atoms with E-state index in [1.165, 1.54) is 0 Å². The van der Waals surface area contributed by atoms with Gasteiger partial charge in [-0.25, -0.2) is 9.98 Å². The van der Waals surface area contributed by atoms with E-state index < -0.39 is 5.54 Å². The van der Waals surface area contributed by atoms with Crippen LogP contribution in [0, 0.1) is 0 Å². The van der Waals surface area contributed by atoms with E-state index in [0.29, 0.717) is 23.2 Å². The molecule has 1 aliphatic heterocycles. The standard InChI is InChI=1S/C21H16N6O/c28-18-13-19(26-20-24-14-7-1-2-8-15(14)25-20)27-21(18,16-9-3-5-11-22-16)17-10-4-6-12-23-17/h1-12H,13H2,(H2,24,25,26,27). The molecule has 7 nitrogen and oxygen atoms in total. The van der Waals surface area contributed by atoms with Crippen LogP contribution in [0.4, 0.5) is 5.95 Å². The third kappa shape index (κ3) is 2.56. The molecular formula is C21H16N6O. The Hall–Kier alpha value is -3.87. The molecule has 0 aliphatic carbocycles. The Bertz CT molecular complexity index is 1110. The lowest BCUT2D eigenvalue weighted by Crippen LogP contribution is -2.33. The maximum absolute atomic E-state index is 13.2. The first-order valence-electron chi connectivity index (χ1n) is 8.92. The van der Waals surface area contributed by atoms with Crippen LogP contribution in [0.3, 0.4) is 0 Å². The van der Waals surface area contributed by atoms with Crippen molar-refractivity contribution in [2.45, 2.75) is 12.0 Å². The third-order valence-electron chi connectivity index (χ3n) is 4.76. The van der Waals surface area contributed by atoms with Gasteiger partial charge in [-0.2, -0.15) is 0 Å². The highest BCUT2D eigenvalue weighted by Gasteiger charge is 2.48. The van der Waals surface area contributed by atoms with Crippen molar-refractivity contribution in [3.05, 3.63) is 84.4 Å². The second-order valence-electron chi connectivity index (χ2n) is 6.53. The summed E-state index contributed by atoms with van der Waals surface area (Å²) in [6.45, 7) is 0. The van der Waals surface area contributed by atoms with E-state index in [4.69, 9.17) is 4.99 Å². The summed E-state index contributed by atoms with van der Waals surface area (Å²) >= 11 is 0. The van der Waals surface area contributed by atoms with Crippen molar-refractivity contribution in [3.8, 4) is 0 Å². The Morgan fingerprint density at radius 3 is 2.21 bits per heavy atom. The number of hydrogen-bond acceptors (Lipinski definition) is 6. The molecule has 0 saturated heterocycles. The van der Waals surface area contributed by atoms with Gasteiger partial charge in [0.15, 0.2) is 5.78 Å². The molecule has 0 radical (unpaired) electrons. The number of rotatable bonds is 3. The Labute approximate surface area is 160 Å². The summed E-state index contributed by atoms with van der Waals surface area (Å²) in [6.07, 6.45) is 3.46. The smallest absolute Gasteiger partial charge is 0.206 e. The summed E-state index contributed by atoms with van der Waals surface area (Å²) in [7, 11) is 0. The van der Waals surface area contributed by atoms with Gasteiger partial charge in [0.05, 0.1) is 28.8 Å². The molecule has 0 spiro atoms. The highest BCUT2D eigenvalue weighted by Crippen LogP contribution is 2.38. The zero-order chi connectivity index (χ0) is 19.0. The SMILES string of the molecule is O=C1CC(Nc2nc3ccccc3[nH]2)=NC1(c1ccccn1)c1ccccn1. The van der Waals surface area contributed by atoms with Crippen LogP contribution in [-0.4, -0.2) is 31.6 Å². The number of imidazole rings is 1. The van der Waals surface area contributed by atoms with Crippen molar-refractivity contribution in [2.75, 3.05) is 5.32 Å². The van der Waals surface area contributed by atoms with Crippen molar-refractivity contribution in [3.63, 3.8) is 0 Å². The summed E-state index contributed by atoms with van der Waals surface area (Å²) in [5.41, 5.74) is 1.61. The number of aromatic amines is 1. The highest BCUT2D eigenvalue weighted by molar-refractivity contribution is 6.16. The largest absolute Gasteiger partial charge is 0.324 e. The first-order valence-corrected chi connectivity index (χ1v) is 8.92. The number of carbonyl (C=O) groups excluding carboxylic acids is 1. The van der Waals surface area contributed by atoms with E-state index in [1.54, 1.807) is 24.5 Å². The van der Waals surface area contributed by atoms with Crippen LogP contribution in [0.1, 0.15) is 17.8 Å². The van der Waals surface area contributed by atoms with Gasteiger partial charge in [0.2, 0.25) is 11.5 Å². The van der Waals surface area contributed by atoms with Crippen LogP contribution in [0.2, 0.25) is 0 Å². The number of fused-ring (bicyclic) bond motifs is 1. The van der Waals surface area contributed by atoms with Crippen LogP contribution >= 0.6 is 0 Å². The number of aliphatic imine (C=N–C) groups is 1. The topological polar surface area (TPSA) is 95.9 Å². The first kappa shape index (κ1) is 16.3. The molecular weight excluding hydrogens is 352 g/mol. The van der Waals surface area contributed by atoms with Crippen molar-refractivity contribution in [1.82, 2.24) is 19.9 Å². The van der Waals surface area contributed by atoms with Crippen LogP contribution in [-0.2, 0) is 10.3 Å². The predicted octanol–water partition coefficient (Wildman–Crippen LogP) is 3.08. The molecule has 4 heterocycles. The predicted molar refractivity (Wildman–Crippen MR) is 106 cm³/mol. The number of benzene rings is 1. The Balaban J connectivity index is 1.59. The van der Waals surface area contributed by atoms with Gasteiger partial charge in [-0.15, -0.1) is 0 Å². The van der Waals surface area contributed by atoms with Gasteiger partial charge in [0.25, 0.3) is 0 Å². The average molecular weight is 368 g/mol. The zero-order valence-corrected chi connectivity index (χ0v) is 14.8. The Morgan fingerprint density at radius 2 is 1.57 bits per heavy atom. The lowest BCUT2D eigenvalue weighted by molar-refractivity contribution is -0.121. The number of amidine groups is 1. The van der Waals surface area contributed by atoms with Crippen LogP contribution in [0.5, 0.6) is 0 Å². The monoisotopic (exact) mass is 368 g/mol. The Morgan fingerprint density at radius 1 is 0.893 bits per heavy atom. The summed E-state index contributed by atoms with van der Waals surface area (Å²) in [4.78, 5) is 34.5. The van der Waals surface area contributed by atoms with E-state index in [9.17, 15) is 4.79 Å². The van der Waals surface area contributed by atoms with E-state index >= 15 is 0 Å². The molecule has 4 aromatic rings. The lowest BCUT2D eigenvalue weighted by Gasteiger charge is -2.23. The molecule has 0 unspecified atom stereocenters. The summed E-state index contributed by atoms with van der Waals surface area (Å²) < 4.78 is 0. The van der Waals surface area contributed by atoms with Gasteiger partial charge in [-0.3, -0.25) is 14.8 Å². The number of aromatic nitrogens is 4. The molecule has 0 atom stereocenters. The molecule has 28 heavy (non-hydrogen) atoms. The van der Waals surface area contributed by atoms with Crippen molar-refractivity contribution in [1.29, 1.82) is 0 Å². The number of hydrogen-bond donors (Lipinski definition) is 2. The number of carbonyl (C=O) groups is 1. The molecule has 0 bridgehead atoms. The highest BCUT2D eigenvalue weighted by atomic mass is 16.1. The summed E-state index contributed by atoms with van der Waals surface area (Å²) in [6, 6.07) is 18.7. The minimum Gasteiger partial charge on any atom is -0.324 e. The molecule has 1 aliphatic rings. The fourth-order valence-electron chi connectivity index (χ4n) is 3.49. The van der Waals surface area contributed by atoms with Crippen molar-refractivity contribution >= 4 is 28.6 Å². The second kappa shape index (κ2) is 6.38. The van der Waals surface area contributed by atoms with Crippen LogP contribution < -0.4 is 5.32 Å². The fraction of sp³-hybridized carbons (Fsp3) is 0.0952. The number of nitrogens with one attached hydrogen (secondary N) is 2. The maximum Gasteiger partial charge on any atom is 0.206 e. The number of nitrogens with zero attached hydrogens (tertiary/aromatic N) is 4.